The van der Waals surface area contributed by atoms with Crippen molar-refractivity contribution >= 4 is 11.9 Å². The van der Waals surface area contributed by atoms with Crippen LogP contribution >= 0.6 is 0 Å². The van der Waals surface area contributed by atoms with Crippen molar-refractivity contribution < 1.29 is 236 Å². The smallest absolute Gasteiger partial charge is 0.302 e. The topological polar surface area (TPSA) is 462 Å². The SMILES string of the molecule is CC(=O)OCCOOOOOOOOOOOOOOOOOOOOOOOOOOOOOOOOOOOOOOOOOOOO/C=C\NC(=O)/C=C(C)/C=C/C=C(C)/C=C/C1=C(C)CCCC1(C)C. The molecule has 0 atom stereocenters. The van der Waals surface area contributed by atoms with Crippen molar-refractivity contribution in [2.24, 2.45) is 5.41 Å². The van der Waals surface area contributed by atoms with Crippen LogP contribution in [0.4, 0.5) is 0 Å². The average molecular weight is 1120 g/mol. The maximum atomic E-state index is 12.0. The molecule has 0 saturated heterocycles. The summed E-state index contributed by atoms with van der Waals surface area (Å²) in [5.74, 6) is -1.02. The van der Waals surface area contributed by atoms with E-state index in [-0.39, 0.29) is 18.6 Å². The van der Waals surface area contributed by atoms with E-state index in [0.29, 0.717) is 5.57 Å². The van der Waals surface area contributed by atoms with E-state index < -0.39 is 11.9 Å². The first-order valence-corrected chi connectivity index (χ1v) is 17.9. The molecule has 0 aromatic carbocycles. The third-order valence-corrected chi connectivity index (χ3v) is 6.18. The van der Waals surface area contributed by atoms with Crippen molar-refractivity contribution in [3.8, 4) is 0 Å². The zero-order valence-corrected chi connectivity index (χ0v) is 37.3. The fourth-order valence-corrected chi connectivity index (χ4v) is 3.84. The fraction of sp³-hybridized carbons (Fsp3) is 0.462. The van der Waals surface area contributed by atoms with E-state index in [1.165, 1.54) is 30.6 Å². The molecule has 74 heavy (non-hydrogen) atoms. The Morgan fingerprint density at radius 1 is 0.486 bits per heavy atom. The minimum absolute atomic E-state index is 0.145. The number of allylic oxidation sites excluding steroid dienone is 9. The Bertz CT molecular complexity index is 1540. The summed E-state index contributed by atoms with van der Waals surface area (Å²) in [6.45, 7) is 11.3. The fourth-order valence-electron chi connectivity index (χ4n) is 3.84. The van der Waals surface area contributed by atoms with Gasteiger partial charge in [0, 0.05) is 191 Å². The number of hydrogen-bond donors (Lipinski definition) is 1. The van der Waals surface area contributed by atoms with Crippen LogP contribution in [0, 0.1) is 5.41 Å². The second-order valence-corrected chi connectivity index (χ2v) is 11.4. The third-order valence-electron chi connectivity index (χ3n) is 6.18. The van der Waals surface area contributed by atoms with E-state index in [4.69, 9.17) is 0 Å². The number of rotatable bonds is 53. The molecule has 48 heteroatoms. The molecule has 428 valence electrons. The molecule has 0 aliphatic heterocycles. The molecule has 0 heterocycles. The van der Waals surface area contributed by atoms with Crippen LogP contribution in [-0.2, 0) is 236 Å². The summed E-state index contributed by atoms with van der Waals surface area (Å²) in [6.07, 6.45) is 16.6. The quantitative estimate of drug-likeness (QED) is 0.0174. The predicted octanol–water partition coefficient (Wildman–Crippen LogP) is 2.74. The number of amides is 1. The lowest BCUT2D eigenvalue weighted by Crippen LogP contribution is -2.19. The highest BCUT2D eigenvalue weighted by molar-refractivity contribution is 5.89. The number of hydrogen-bond acceptors (Lipinski definition) is 47. The van der Waals surface area contributed by atoms with Gasteiger partial charge in [-0.3, -0.25) is 9.59 Å². The molecule has 0 spiro atoms. The first-order chi connectivity index (χ1) is 36.1. The largest absolute Gasteiger partial charge is 0.463 e. The van der Waals surface area contributed by atoms with Crippen LogP contribution < -0.4 is 5.32 Å². The molecule has 0 unspecified atom stereocenters. The van der Waals surface area contributed by atoms with Gasteiger partial charge in [-0.15, -0.1) is 0 Å². The Kier molecular flexibility index (Phi) is 46.1. The lowest BCUT2D eigenvalue weighted by molar-refractivity contribution is -0.909. The van der Waals surface area contributed by atoms with Gasteiger partial charge in [-0.05, 0) is 96.9 Å². The van der Waals surface area contributed by atoms with E-state index >= 15 is 0 Å². The van der Waals surface area contributed by atoms with Gasteiger partial charge in [-0.1, -0.05) is 55.4 Å². The highest BCUT2D eigenvalue weighted by Crippen LogP contribution is 2.40. The predicted molar refractivity (Wildman–Crippen MR) is 173 cm³/mol. The molecule has 0 aromatic rings. The lowest BCUT2D eigenvalue weighted by Gasteiger charge is -2.32. The zero-order chi connectivity index (χ0) is 53.7. The van der Waals surface area contributed by atoms with Gasteiger partial charge < -0.3 is 14.9 Å². The van der Waals surface area contributed by atoms with Gasteiger partial charge in [-0.25, -0.2) is 4.89 Å². The molecule has 0 saturated carbocycles. The van der Waals surface area contributed by atoms with E-state index in [1.54, 1.807) is 13.0 Å². The summed E-state index contributed by atoms with van der Waals surface area (Å²) in [5.41, 5.74) is 4.69. The Labute approximate surface area is 404 Å². The van der Waals surface area contributed by atoms with Crippen molar-refractivity contribution in [1.82, 2.24) is 5.32 Å². The summed E-state index contributed by atoms with van der Waals surface area (Å²) < 4.78 is 4.47. The molecule has 48 nitrogen and oxygen atoms in total. The van der Waals surface area contributed by atoms with Crippen LogP contribution in [0.1, 0.15) is 60.8 Å². The Balaban J connectivity index is 1.73. The Morgan fingerprint density at radius 2 is 0.851 bits per heavy atom. The van der Waals surface area contributed by atoms with Crippen molar-refractivity contribution in [3.63, 3.8) is 0 Å². The molecule has 0 bridgehead atoms. The minimum Gasteiger partial charge on any atom is -0.463 e. The molecule has 1 amide bonds. The van der Waals surface area contributed by atoms with Crippen LogP contribution in [0.2, 0.25) is 0 Å². The van der Waals surface area contributed by atoms with Crippen LogP contribution in [0.25, 0.3) is 0 Å². The summed E-state index contributed by atoms with van der Waals surface area (Å²) in [4.78, 5) is 31.1. The molecular formula is C26H37NO47. The summed E-state index contributed by atoms with van der Waals surface area (Å²) in [5, 5.41) is 154. The first-order valence-electron chi connectivity index (χ1n) is 17.9. The number of carbonyl (C=O) groups is 2. The van der Waals surface area contributed by atoms with Gasteiger partial charge >= 0.3 is 5.97 Å². The third kappa shape index (κ3) is 46.0. The Morgan fingerprint density at radius 3 is 1.22 bits per heavy atom. The second-order valence-electron chi connectivity index (χ2n) is 11.4. The van der Waals surface area contributed by atoms with E-state index in [2.05, 4.69) is 264 Å². The van der Waals surface area contributed by atoms with E-state index in [9.17, 15) is 9.59 Å². The van der Waals surface area contributed by atoms with Gasteiger partial charge in [0.25, 0.3) is 0 Å². The van der Waals surface area contributed by atoms with Gasteiger partial charge in [0.15, 0.2) is 0 Å². The molecule has 0 radical (unpaired) electrons. The maximum Gasteiger partial charge on any atom is 0.302 e. The molecule has 1 aliphatic carbocycles. The number of esters is 1. The molecule has 0 fully saturated rings. The first kappa shape index (κ1) is 67.5. The van der Waals surface area contributed by atoms with Crippen LogP contribution in [-0.4, -0.2) is 25.1 Å². The highest BCUT2D eigenvalue weighted by Gasteiger charge is 2.26. The highest BCUT2D eigenvalue weighted by atomic mass is 18.0. The number of carbonyl (C=O) groups excluding carboxylic acids is 2. The second kappa shape index (κ2) is 50.6. The van der Waals surface area contributed by atoms with Crippen molar-refractivity contribution in [3.05, 3.63) is 71.2 Å². The Hall–Kier alpha value is -4.54. The monoisotopic (exact) mass is 1120 g/mol. The zero-order valence-electron chi connectivity index (χ0n) is 37.3. The molecular weight excluding hydrogens is 1080 g/mol. The van der Waals surface area contributed by atoms with Crippen molar-refractivity contribution in [1.29, 1.82) is 0 Å². The minimum atomic E-state index is -0.551. The van der Waals surface area contributed by atoms with Crippen LogP contribution in [0.15, 0.2) is 71.2 Å². The normalized spacial score (nSPS) is 14.4. The van der Waals surface area contributed by atoms with Gasteiger partial charge in [0.2, 0.25) is 5.91 Å². The van der Waals surface area contributed by atoms with Gasteiger partial charge in [-0.2, -0.15) is 0 Å². The standard InChI is InChI=1S/C26H37NO47/c1-20(12-13-24-22(3)11-8-14-26(24,5)6)9-7-10-21(2)19-25(29)27-15-16-31-33-35-37-39-41-43-45-47-49-51-53-55-57-59-61-63-65-67-69-71-73-74-72-70-68-66-64-62-60-58-56-54-52-50-48-46-44-42-40-38-36-34-32-18-17-30-23(4)28/h7,9-10,12-13,15-16,19H,8,11,14,17-18H2,1-6H3,(H,27,29)/b10-7+,13-12+,16-15-,20-9+,21-19+. The van der Waals surface area contributed by atoms with Crippen LogP contribution in [0.5, 0.6) is 0 Å². The van der Waals surface area contributed by atoms with Gasteiger partial charge in [0.1, 0.15) is 19.5 Å². The van der Waals surface area contributed by atoms with Gasteiger partial charge in [0.05, 0.1) is 0 Å². The molecule has 1 rings (SSSR count). The molecule has 0 aromatic heterocycles. The summed E-state index contributed by atoms with van der Waals surface area (Å²) in [6, 6.07) is 0. The van der Waals surface area contributed by atoms with Crippen LogP contribution in [0.3, 0.4) is 0 Å². The maximum absolute atomic E-state index is 12.0. The molecule has 1 N–H and O–H groups in total. The summed E-state index contributed by atoms with van der Waals surface area (Å²) in [7, 11) is 0. The number of ether oxygens (including phenoxy) is 1. The average Bonchev–Trinajstić information content (AvgIpc) is 3.36. The van der Waals surface area contributed by atoms with Crippen molar-refractivity contribution in [2.75, 3.05) is 13.2 Å². The lowest BCUT2D eigenvalue weighted by atomic mass is 9.72. The number of nitrogens with one attached hydrogen (secondary N) is 1. The summed E-state index contributed by atoms with van der Waals surface area (Å²) >= 11 is 0. The van der Waals surface area contributed by atoms with E-state index in [0.717, 1.165) is 30.9 Å². The van der Waals surface area contributed by atoms with E-state index in [1.807, 2.05) is 19.1 Å². The van der Waals surface area contributed by atoms with Crippen molar-refractivity contribution in [2.45, 2.75) is 60.8 Å². The molecule has 1 aliphatic rings.